The Labute approximate surface area is 816 Å². The maximum Gasteiger partial charge on any atom is 0.573 e. The highest BCUT2D eigenvalue weighted by Gasteiger charge is 2.37. The molecule has 0 aliphatic rings. The first kappa shape index (κ1) is 98.9. The number of nitrogens with one attached hydrogen (secondary N) is 5. The van der Waals surface area contributed by atoms with Gasteiger partial charge in [0, 0.05) is 81.8 Å². The molecule has 0 spiro atoms. The van der Waals surface area contributed by atoms with E-state index >= 15 is 0 Å². The zero-order valence-corrected chi connectivity index (χ0v) is 78.3. The predicted molar refractivity (Wildman–Crippen MR) is 519 cm³/mol. The highest BCUT2D eigenvalue weighted by molar-refractivity contribution is 9.10. The van der Waals surface area contributed by atoms with Gasteiger partial charge >= 0.3 is 25.1 Å². The molecule has 139 heavy (non-hydrogen) atoms. The van der Waals surface area contributed by atoms with Crippen molar-refractivity contribution >= 4 is 73.7 Å². The summed E-state index contributed by atoms with van der Waals surface area (Å²) < 4.78 is 186. The highest BCUT2D eigenvalue weighted by Crippen LogP contribution is 2.45. The van der Waals surface area contributed by atoms with E-state index in [-0.39, 0.29) is 56.0 Å². The zero-order valence-electron chi connectivity index (χ0n) is 72.9. The number of benzene rings is 10. The van der Waals surface area contributed by atoms with Crippen molar-refractivity contribution in [3.63, 3.8) is 0 Å². The fourth-order valence-corrected chi connectivity index (χ4v) is 16.6. The number of halogens is 18. The summed E-state index contributed by atoms with van der Waals surface area (Å²) >= 11 is 29.7. The van der Waals surface area contributed by atoms with Crippen molar-refractivity contribution in [2.75, 3.05) is 0 Å². The molecule has 10 aromatic heterocycles. The van der Waals surface area contributed by atoms with Crippen LogP contribution in [0.1, 0.15) is 39.6 Å². The Morgan fingerprint density at radius 2 is 0.612 bits per heavy atom. The molecule has 0 aliphatic carbocycles. The number of alkyl halides is 12. The molecule has 0 bridgehead atoms. The Balaban J connectivity index is 0.000000132. The molecule has 16 nitrogen and oxygen atoms in total. The van der Waals surface area contributed by atoms with Crippen molar-refractivity contribution < 1.29 is 84.5 Å². The first-order chi connectivity index (χ1) is 66.0. The zero-order chi connectivity index (χ0) is 97.5. The number of hydrogen-bond acceptors (Lipinski definition) is 12. The number of aromatic amines is 5. The molecule has 0 fully saturated rings. The number of imidazole rings is 5. The van der Waals surface area contributed by atoms with E-state index in [0.29, 0.717) is 78.2 Å². The summed E-state index contributed by atoms with van der Waals surface area (Å²) in [6.45, 7) is 9.49. The molecule has 20 rings (SSSR count). The van der Waals surface area contributed by atoms with Gasteiger partial charge in [-0.15, -0.1) is 37.7 Å². The van der Waals surface area contributed by atoms with Crippen LogP contribution in [0.2, 0.25) is 20.1 Å². The first-order valence-corrected chi connectivity index (χ1v) is 44.8. The minimum absolute atomic E-state index is 0. The fraction of sp³-hybridized carbons (Fsp3) is 0.0865. The average Bonchev–Trinajstić information content (AvgIpc) is 1.66. The third-order valence-electron chi connectivity index (χ3n) is 21.0. The van der Waals surface area contributed by atoms with Crippen LogP contribution in [-0.4, -0.2) is 62.6 Å². The molecule has 0 aliphatic heterocycles. The minimum atomic E-state index is -4.86. The molecule has 5 N–H and O–H groups in total. The van der Waals surface area contributed by atoms with E-state index in [0.717, 1.165) is 106 Å². The summed E-state index contributed by atoms with van der Waals surface area (Å²) in [4.78, 5) is 41.3. The van der Waals surface area contributed by atoms with Crippen molar-refractivity contribution in [3.05, 3.63) is 374 Å². The quantitative estimate of drug-likeness (QED) is 0.0541. The van der Waals surface area contributed by atoms with E-state index in [1.54, 1.807) is 66.8 Å². The highest BCUT2D eigenvalue weighted by atomic mass is 79.9. The average molecular weight is 2060 g/mol. The lowest BCUT2D eigenvalue weighted by atomic mass is 10.1. The van der Waals surface area contributed by atoms with Crippen molar-refractivity contribution in [1.82, 2.24) is 49.8 Å². The van der Waals surface area contributed by atoms with Gasteiger partial charge in [0.1, 0.15) is 40.4 Å². The number of hydrogen-bond donors (Lipinski definition) is 5. The molecule has 0 radical (unpaired) electrons. The Kier molecular flexibility index (Phi) is 30.0. The van der Waals surface area contributed by atoms with E-state index in [1.807, 2.05) is 160 Å². The minimum Gasteiger partial charge on any atom is -0.453 e. The molecule has 706 valence electrons. The summed E-state index contributed by atoms with van der Waals surface area (Å²) in [6, 6.07) is 87.3. The van der Waals surface area contributed by atoms with Gasteiger partial charge < -0.3 is 52.1 Å². The van der Waals surface area contributed by atoms with Crippen LogP contribution in [-0.2, 0) is 12.4 Å². The van der Waals surface area contributed by atoms with Gasteiger partial charge in [-0.1, -0.05) is 226 Å². The van der Waals surface area contributed by atoms with Gasteiger partial charge in [-0.3, -0.25) is 4.70 Å². The molecular formula is C104H72BrCl4F13N10O6S. The second-order valence-corrected chi connectivity index (χ2v) is 34.3. The number of aromatic nitrogens is 10. The number of H-pyrrole nitrogens is 5. The number of furan rings is 4. The van der Waals surface area contributed by atoms with Crippen LogP contribution in [0.15, 0.2) is 332 Å². The number of ether oxygens (including phenoxy) is 2. The lowest BCUT2D eigenvalue weighted by Gasteiger charge is -2.11. The maximum atomic E-state index is 13.3. The number of aryl methyl sites for hydroxylation is 5. The molecule has 10 aromatic carbocycles. The third-order valence-corrected chi connectivity index (χ3v) is 24.1. The maximum absolute atomic E-state index is 13.3. The molecule has 0 saturated heterocycles. The van der Waals surface area contributed by atoms with Gasteiger partial charge in [0.25, 0.3) is 0 Å². The van der Waals surface area contributed by atoms with Crippen LogP contribution in [0, 0.1) is 34.6 Å². The van der Waals surface area contributed by atoms with Gasteiger partial charge in [0.2, 0.25) is 0 Å². The van der Waals surface area contributed by atoms with Crippen LogP contribution >= 0.6 is 73.7 Å². The first-order valence-electron chi connectivity index (χ1n) is 41.7. The van der Waals surface area contributed by atoms with Crippen LogP contribution in [0.25, 0.3) is 169 Å². The molecule has 10 heterocycles. The van der Waals surface area contributed by atoms with E-state index < -0.39 is 42.0 Å². The Morgan fingerprint density at radius 1 is 0.288 bits per heavy atom. The number of para-hydroxylation sites is 2. The predicted octanol–water partition coefficient (Wildman–Crippen LogP) is 34.4. The van der Waals surface area contributed by atoms with Crippen LogP contribution in [0.3, 0.4) is 0 Å². The molecule has 0 atom stereocenters. The van der Waals surface area contributed by atoms with E-state index in [2.05, 4.69) is 101 Å². The molecular weight excluding hydrogens is 1990 g/mol. The normalized spacial score (nSPS) is 11.5. The summed E-state index contributed by atoms with van der Waals surface area (Å²) in [6.07, 6.45) is -18.6. The summed E-state index contributed by atoms with van der Waals surface area (Å²) in [5.74, 6) is 4.81. The number of nitrogens with zero attached hydrogens (tertiary/aromatic N) is 5. The van der Waals surface area contributed by atoms with E-state index in [4.69, 9.17) is 69.1 Å². The second-order valence-electron chi connectivity index (χ2n) is 30.6. The van der Waals surface area contributed by atoms with Gasteiger partial charge in [0.15, 0.2) is 46.3 Å². The molecule has 20 aromatic rings. The lowest BCUT2D eigenvalue weighted by molar-refractivity contribution is -0.275. The van der Waals surface area contributed by atoms with Crippen LogP contribution in [0.4, 0.5) is 57.4 Å². The van der Waals surface area contributed by atoms with Crippen molar-refractivity contribution in [1.29, 1.82) is 0 Å². The van der Waals surface area contributed by atoms with Crippen molar-refractivity contribution in [2.24, 2.45) is 0 Å². The van der Waals surface area contributed by atoms with Gasteiger partial charge in [0.05, 0.1) is 70.7 Å². The second kappa shape index (κ2) is 42.2. The van der Waals surface area contributed by atoms with Gasteiger partial charge in [-0.25, -0.2) is 24.9 Å². The monoisotopic (exact) mass is 2050 g/mol. The standard InChI is InChI=1S/C22H14F6N2O2.C21H14BrF3N2O.C21H14ClF3N2O2.C20H14Cl2N2O.C20H15ClN2S.FH/c1-12-19(13-6-8-14(9-7-13)21(23,24)25)30-20(29-12)18-11-10-16(31-18)15-4-2-3-5-17(15)32-22(26,27)28;1-12-19(13-6-8-14(22)9-7-13)27-20(26-12)18-11-10-17(28-18)15-4-2-3-5-16(15)21(23,24)25;1-12-19(13-6-2-4-8-15(13)22)27-20(26-12)18-11-10-16(28-18)14-7-3-5-9-17(14)29-21(23,24)25;1-12-19(13-6-3-2-4-7-13)24-20(23-12)17-11-10-16(25-17)14-8-5-9-15(21)18(14)22;1-13-19(15-5-3-2-4-6-15)23-20(22-13)18-12-11-17(24-18)14-7-9-16(21)10-8-14;/h2-11H,1H3,(H,29,30);2-11H,1H3,(H,26,27);2-11H,1H3,(H,26,27);2-11H,1H3,(H,23,24);2-12H,1H3,(H,22,23);1H. The molecule has 0 unspecified atom stereocenters. The Morgan fingerprint density at radius 3 is 1.04 bits per heavy atom. The Hall–Kier alpha value is -14.6. The smallest absolute Gasteiger partial charge is 0.453 e. The molecule has 0 amide bonds. The summed E-state index contributed by atoms with van der Waals surface area (Å²) in [5.41, 5.74) is 13.1. The largest absolute Gasteiger partial charge is 0.573 e. The van der Waals surface area contributed by atoms with E-state index in [1.165, 1.54) is 89.3 Å². The van der Waals surface area contributed by atoms with Crippen LogP contribution in [0.5, 0.6) is 11.5 Å². The number of thiophene rings is 1. The topological polar surface area (TPSA) is 214 Å². The summed E-state index contributed by atoms with van der Waals surface area (Å²) in [5, 5.41) is 2.29. The summed E-state index contributed by atoms with van der Waals surface area (Å²) in [7, 11) is 0. The van der Waals surface area contributed by atoms with Gasteiger partial charge in [-0.05, 0) is 186 Å². The SMILES string of the molecule is Cc1[nH]c(-c2ccc(-c3ccc(Cl)cc3)s2)nc1-c1ccccc1.Cc1[nH]c(-c2ccc(-c3cccc(Cl)c3Cl)o2)nc1-c1ccccc1.Cc1[nH]c(-c2ccc(-c3ccccc3C(F)(F)F)o2)nc1-c1ccc(Br)cc1.Cc1[nH]c(-c2ccc(-c3ccccc3OC(F)(F)F)o2)nc1-c1ccc(C(F)(F)F)cc1.Cc1[nH]c(-c2ccc(-c3ccccc3OC(F)(F)F)o2)nc1-c1ccccc1Cl.F. The molecule has 0 saturated carbocycles. The number of rotatable bonds is 17. The third kappa shape index (κ3) is 23.8. The van der Waals surface area contributed by atoms with Crippen molar-refractivity contribution in [2.45, 2.75) is 59.7 Å². The fourth-order valence-electron chi connectivity index (χ4n) is 14.6. The van der Waals surface area contributed by atoms with E-state index in [9.17, 15) is 52.7 Å². The van der Waals surface area contributed by atoms with Crippen LogP contribution < -0.4 is 9.47 Å². The van der Waals surface area contributed by atoms with Gasteiger partial charge in [-0.2, -0.15) is 26.3 Å². The Bertz CT molecular complexity index is 7630. The lowest BCUT2D eigenvalue weighted by Crippen LogP contribution is -2.17. The van der Waals surface area contributed by atoms with Crippen molar-refractivity contribution in [3.8, 4) is 181 Å². The molecule has 35 heteroatoms.